The molecular weight excluding hydrogens is 372 g/mol. The van der Waals surface area contributed by atoms with Crippen molar-refractivity contribution in [3.8, 4) is 5.75 Å². The highest BCUT2D eigenvalue weighted by Gasteiger charge is 2.19. The van der Waals surface area contributed by atoms with Gasteiger partial charge in [0.05, 0.1) is 13.2 Å². The summed E-state index contributed by atoms with van der Waals surface area (Å²) in [5, 5.41) is 1.90. The van der Waals surface area contributed by atoms with Gasteiger partial charge in [-0.1, -0.05) is 101 Å². The van der Waals surface area contributed by atoms with E-state index in [1.54, 1.807) is 7.11 Å². The Labute approximate surface area is 183 Å². The second kappa shape index (κ2) is 14.1. The van der Waals surface area contributed by atoms with Crippen LogP contribution in [-0.4, -0.2) is 19.2 Å². The summed E-state index contributed by atoms with van der Waals surface area (Å²) in [6, 6.07) is 11.7. The van der Waals surface area contributed by atoms with Crippen LogP contribution in [0, 0.1) is 0 Å². The van der Waals surface area contributed by atoms with Crippen LogP contribution in [0.1, 0.15) is 101 Å². The topological polar surface area (TPSA) is 35.5 Å². The van der Waals surface area contributed by atoms with E-state index in [4.69, 9.17) is 9.47 Å². The van der Waals surface area contributed by atoms with E-state index < -0.39 is 0 Å². The number of unbranched alkanes of at least 4 members (excludes halogenated alkanes) is 10. The Morgan fingerprint density at radius 3 is 2.07 bits per heavy atom. The van der Waals surface area contributed by atoms with Gasteiger partial charge >= 0.3 is 5.97 Å². The van der Waals surface area contributed by atoms with Crippen molar-refractivity contribution < 1.29 is 14.3 Å². The molecule has 1 unspecified atom stereocenters. The highest BCUT2D eigenvalue weighted by atomic mass is 16.5. The smallest absolute Gasteiger partial charge is 0.342 e. The van der Waals surface area contributed by atoms with E-state index in [0.717, 1.165) is 23.6 Å². The largest absolute Gasteiger partial charge is 0.496 e. The van der Waals surface area contributed by atoms with Crippen molar-refractivity contribution in [2.24, 2.45) is 0 Å². The van der Waals surface area contributed by atoms with Crippen LogP contribution in [0.5, 0.6) is 5.75 Å². The molecule has 166 valence electrons. The number of methoxy groups -OCH3 is 1. The molecule has 3 nitrogen and oxygen atoms in total. The van der Waals surface area contributed by atoms with Crippen LogP contribution in [0.25, 0.3) is 10.8 Å². The summed E-state index contributed by atoms with van der Waals surface area (Å²) in [6.45, 7) is 4.26. The van der Waals surface area contributed by atoms with E-state index >= 15 is 0 Å². The van der Waals surface area contributed by atoms with Gasteiger partial charge in [0.25, 0.3) is 0 Å². The average Bonchev–Trinajstić information content (AvgIpc) is 2.76. The van der Waals surface area contributed by atoms with E-state index in [-0.39, 0.29) is 12.1 Å². The van der Waals surface area contributed by atoms with Crippen LogP contribution >= 0.6 is 0 Å². The lowest BCUT2D eigenvalue weighted by Crippen LogP contribution is -2.16. The van der Waals surface area contributed by atoms with Crippen molar-refractivity contribution in [3.05, 3.63) is 42.0 Å². The second-order valence-electron chi connectivity index (χ2n) is 8.40. The molecule has 0 amide bonds. The molecule has 2 rings (SSSR count). The van der Waals surface area contributed by atoms with Gasteiger partial charge in [-0.25, -0.2) is 4.79 Å². The van der Waals surface area contributed by atoms with Crippen molar-refractivity contribution in [1.82, 2.24) is 0 Å². The zero-order valence-corrected chi connectivity index (χ0v) is 19.3. The molecule has 0 radical (unpaired) electrons. The molecule has 30 heavy (non-hydrogen) atoms. The van der Waals surface area contributed by atoms with Crippen LogP contribution in [0.4, 0.5) is 0 Å². The number of hydrogen-bond donors (Lipinski definition) is 0. The Bertz CT molecular complexity index is 753. The van der Waals surface area contributed by atoms with E-state index in [0.29, 0.717) is 11.3 Å². The van der Waals surface area contributed by atoms with Crippen LogP contribution < -0.4 is 4.74 Å². The molecule has 0 aromatic heterocycles. The fourth-order valence-electron chi connectivity index (χ4n) is 4.03. The van der Waals surface area contributed by atoms with Crippen LogP contribution in [-0.2, 0) is 4.74 Å². The van der Waals surface area contributed by atoms with Crippen molar-refractivity contribution in [3.63, 3.8) is 0 Å². The first-order valence-electron chi connectivity index (χ1n) is 11.9. The van der Waals surface area contributed by atoms with E-state index in [1.165, 1.54) is 64.2 Å². The zero-order valence-electron chi connectivity index (χ0n) is 19.3. The molecular formula is C27H40O3. The maximum absolute atomic E-state index is 12.8. The third kappa shape index (κ3) is 8.01. The molecule has 0 bridgehead atoms. The van der Waals surface area contributed by atoms with Crippen LogP contribution in [0.2, 0.25) is 0 Å². The predicted octanol–water partition coefficient (Wildman–Crippen LogP) is 8.09. The molecule has 2 aromatic carbocycles. The van der Waals surface area contributed by atoms with Gasteiger partial charge in [0.2, 0.25) is 0 Å². The number of benzene rings is 2. The van der Waals surface area contributed by atoms with Gasteiger partial charge < -0.3 is 9.47 Å². The molecule has 0 N–H and O–H groups in total. The lowest BCUT2D eigenvalue weighted by Gasteiger charge is -2.16. The third-order valence-corrected chi connectivity index (χ3v) is 5.84. The maximum Gasteiger partial charge on any atom is 0.342 e. The number of esters is 1. The molecule has 1 atom stereocenters. The molecule has 0 aliphatic rings. The number of fused-ring (bicyclic) bond motifs is 1. The minimum atomic E-state index is -0.292. The average molecular weight is 413 g/mol. The van der Waals surface area contributed by atoms with Gasteiger partial charge in [-0.15, -0.1) is 0 Å². The van der Waals surface area contributed by atoms with Crippen LogP contribution in [0.3, 0.4) is 0 Å². The van der Waals surface area contributed by atoms with Crippen molar-refractivity contribution in [2.75, 3.05) is 7.11 Å². The quantitative estimate of drug-likeness (QED) is 0.219. The molecule has 0 saturated heterocycles. The van der Waals surface area contributed by atoms with Gasteiger partial charge in [0.15, 0.2) is 0 Å². The van der Waals surface area contributed by atoms with Crippen molar-refractivity contribution in [2.45, 2.75) is 97.0 Å². The normalized spacial score (nSPS) is 12.1. The molecule has 0 spiro atoms. The van der Waals surface area contributed by atoms with E-state index in [1.807, 2.05) is 43.3 Å². The Hall–Kier alpha value is -2.03. The first kappa shape index (κ1) is 24.2. The zero-order chi connectivity index (χ0) is 21.6. The SMILES string of the molecule is CCCCCCCCCCCCCC(C)OC(=O)c1c(OC)ccc2ccccc12. The Morgan fingerprint density at radius 1 is 0.833 bits per heavy atom. The monoisotopic (exact) mass is 412 g/mol. The number of ether oxygens (including phenoxy) is 2. The summed E-state index contributed by atoms with van der Waals surface area (Å²) < 4.78 is 11.2. The number of carbonyl (C=O) groups is 1. The van der Waals surface area contributed by atoms with E-state index in [9.17, 15) is 4.79 Å². The van der Waals surface area contributed by atoms with Crippen molar-refractivity contribution >= 4 is 16.7 Å². The summed E-state index contributed by atoms with van der Waals surface area (Å²) in [7, 11) is 1.59. The van der Waals surface area contributed by atoms with Gasteiger partial charge in [-0.05, 0) is 36.6 Å². The summed E-state index contributed by atoms with van der Waals surface area (Å²) in [5.74, 6) is 0.278. The molecule has 0 saturated carbocycles. The summed E-state index contributed by atoms with van der Waals surface area (Å²) in [6.07, 6.45) is 15.4. The number of carbonyl (C=O) groups excluding carboxylic acids is 1. The van der Waals surface area contributed by atoms with E-state index in [2.05, 4.69) is 6.92 Å². The molecule has 2 aromatic rings. The fourth-order valence-corrected chi connectivity index (χ4v) is 4.03. The van der Waals surface area contributed by atoms with Gasteiger partial charge in [0.1, 0.15) is 11.3 Å². The summed E-state index contributed by atoms with van der Waals surface area (Å²) >= 11 is 0. The highest BCUT2D eigenvalue weighted by molar-refractivity contribution is 6.07. The molecule has 0 fully saturated rings. The lowest BCUT2D eigenvalue weighted by atomic mass is 10.0. The first-order valence-corrected chi connectivity index (χ1v) is 11.9. The molecule has 0 aliphatic heterocycles. The number of rotatable bonds is 15. The van der Waals surface area contributed by atoms with Crippen molar-refractivity contribution in [1.29, 1.82) is 0 Å². The Morgan fingerprint density at radius 2 is 1.43 bits per heavy atom. The lowest BCUT2D eigenvalue weighted by molar-refractivity contribution is 0.0318. The summed E-state index contributed by atoms with van der Waals surface area (Å²) in [4.78, 5) is 12.8. The second-order valence-corrected chi connectivity index (χ2v) is 8.40. The molecule has 3 heteroatoms. The minimum absolute atomic E-state index is 0.0836. The molecule has 0 aliphatic carbocycles. The maximum atomic E-state index is 12.8. The minimum Gasteiger partial charge on any atom is -0.496 e. The predicted molar refractivity (Wildman–Crippen MR) is 126 cm³/mol. The first-order chi connectivity index (χ1) is 14.7. The van der Waals surface area contributed by atoms with Gasteiger partial charge in [0, 0.05) is 0 Å². The Balaban J connectivity index is 1.68. The molecule has 0 heterocycles. The fraction of sp³-hybridized carbons (Fsp3) is 0.593. The van der Waals surface area contributed by atoms with Crippen LogP contribution in [0.15, 0.2) is 36.4 Å². The third-order valence-electron chi connectivity index (χ3n) is 5.84. The van der Waals surface area contributed by atoms with Gasteiger partial charge in [-0.3, -0.25) is 0 Å². The van der Waals surface area contributed by atoms with Gasteiger partial charge in [-0.2, -0.15) is 0 Å². The number of hydrogen-bond acceptors (Lipinski definition) is 3. The summed E-state index contributed by atoms with van der Waals surface area (Å²) in [5.41, 5.74) is 0.529. The highest BCUT2D eigenvalue weighted by Crippen LogP contribution is 2.29. The standard InChI is InChI=1S/C27H40O3/c1-4-5-6-7-8-9-10-11-12-13-14-17-22(2)30-27(28)26-24-19-16-15-18-23(24)20-21-25(26)29-3/h15-16,18-22H,4-14,17H2,1-3H3. The Kier molecular flexibility index (Phi) is 11.4.